The molecule has 2 rings (SSSR count). The van der Waals surface area contributed by atoms with E-state index in [0.29, 0.717) is 5.02 Å². The van der Waals surface area contributed by atoms with Crippen molar-refractivity contribution in [3.8, 4) is 0 Å². The van der Waals surface area contributed by atoms with Gasteiger partial charge in [0, 0.05) is 0 Å². The van der Waals surface area contributed by atoms with Gasteiger partial charge in [0.1, 0.15) is 0 Å². The molecular formula is C14H11ClNSe. The number of rotatable bonds is 2. The van der Waals surface area contributed by atoms with E-state index in [4.69, 9.17) is 11.6 Å². The molecule has 3 heteroatoms. The minimum absolute atomic E-state index is 0.665. The van der Waals surface area contributed by atoms with Crippen LogP contribution in [0.15, 0.2) is 47.5 Å². The molecular weight excluding hydrogens is 297 g/mol. The molecule has 2 aromatic carbocycles. The summed E-state index contributed by atoms with van der Waals surface area (Å²) >= 11 is 9.11. The molecule has 0 spiro atoms. The van der Waals surface area contributed by atoms with Gasteiger partial charge in [0.05, 0.1) is 0 Å². The second-order valence-corrected chi connectivity index (χ2v) is 4.97. The van der Waals surface area contributed by atoms with Crippen molar-refractivity contribution in [2.75, 3.05) is 0 Å². The number of hydrogen-bond donors (Lipinski definition) is 0. The van der Waals surface area contributed by atoms with Crippen molar-refractivity contribution in [3.63, 3.8) is 0 Å². The molecule has 0 fully saturated rings. The van der Waals surface area contributed by atoms with Crippen LogP contribution in [0.5, 0.6) is 0 Å². The summed E-state index contributed by atoms with van der Waals surface area (Å²) < 4.78 is 1.13. The van der Waals surface area contributed by atoms with E-state index in [-0.39, 0.29) is 0 Å². The Hall–Kier alpha value is -1.08. The first kappa shape index (κ1) is 12.4. The van der Waals surface area contributed by atoms with Gasteiger partial charge in [-0.25, -0.2) is 0 Å². The molecule has 0 amide bonds. The summed E-state index contributed by atoms with van der Waals surface area (Å²) in [4.78, 5) is 4.40. The van der Waals surface area contributed by atoms with Gasteiger partial charge in [0.25, 0.3) is 0 Å². The van der Waals surface area contributed by atoms with Crippen LogP contribution in [0.25, 0.3) is 0 Å². The first-order valence-corrected chi connectivity index (χ1v) is 6.47. The first-order valence-electron chi connectivity index (χ1n) is 5.23. The van der Waals surface area contributed by atoms with Crippen LogP contribution >= 0.6 is 11.6 Å². The second kappa shape index (κ2) is 5.50. The molecule has 0 aliphatic heterocycles. The van der Waals surface area contributed by atoms with Crippen molar-refractivity contribution < 1.29 is 0 Å². The number of aliphatic imine (C=N–C) groups is 1. The van der Waals surface area contributed by atoms with Gasteiger partial charge in [-0.2, -0.15) is 0 Å². The van der Waals surface area contributed by atoms with Crippen LogP contribution in [0.2, 0.25) is 5.02 Å². The third kappa shape index (κ3) is 2.98. The van der Waals surface area contributed by atoms with Crippen molar-refractivity contribution in [1.29, 1.82) is 0 Å². The zero-order valence-electron chi connectivity index (χ0n) is 9.35. The molecule has 1 radical (unpaired) electrons. The van der Waals surface area contributed by atoms with Crippen molar-refractivity contribution >= 4 is 44.0 Å². The molecule has 0 aliphatic carbocycles. The van der Waals surface area contributed by atoms with Gasteiger partial charge in [0.15, 0.2) is 0 Å². The molecule has 0 aliphatic rings. The van der Waals surface area contributed by atoms with E-state index in [0.717, 1.165) is 15.7 Å². The number of halogens is 1. The molecule has 0 saturated carbocycles. The number of hydrogen-bond acceptors (Lipinski definition) is 1. The van der Waals surface area contributed by atoms with Crippen LogP contribution in [-0.4, -0.2) is 22.2 Å². The Morgan fingerprint density at radius 2 is 1.88 bits per heavy atom. The third-order valence-corrected chi connectivity index (χ3v) is 3.93. The van der Waals surface area contributed by atoms with E-state index in [1.165, 1.54) is 5.56 Å². The topological polar surface area (TPSA) is 12.4 Å². The predicted octanol–water partition coefficient (Wildman–Crippen LogP) is 3.19. The quantitative estimate of drug-likeness (QED) is 0.597. The van der Waals surface area contributed by atoms with Crippen molar-refractivity contribution in [2.45, 2.75) is 6.92 Å². The maximum atomic E-state index is 6.04. The van der Waals surface area contributed by atoms with E-state index in [1.807, 2.05) is 42.6 Å². The number of para-hydroxylation sites is 1. The standard InChI is InChI=1S/C14H11ClNSe/c1-10-5-4-6-11(14(10)17)9-16-13-8-3-2-7-12(13)15/h2-9H,1H3. The van der Waals surface area contributed by atoms with E-state index in [1.54, 1.807) is 0 Å². The second-order valence-electron chi connectivity index (χ2n) is 3.70. The Balaban J connectivity index is 2.33. The van der Waals surface area contributed by atoms with Crippen molar-refractivity contribution in [2.24, 2.45) is 4.99 Å². The molecule has 2 aromatic rings. The molecule has 85 valence electrons. The Morgan fingerprint density at radius 3 is 2.65 bits per heavy atom. The summed E-state index contributed by atoms with van der Waals surface area (Å²) in [6.45, 7) is 2.07. The SMILES string of the molecule is Cc1cccc(C=Nc2ccccc2Cl)c1[Se]. The first-order chi connectivity index (χ1) is 8.18. The summed E-state index contributed by atoms with van der Waals surface area (Å²) in [7, 11) is 0. The fraction of sp³-hybridized carbons (Fsp3) is 0.0714. The van der Waals surface area contributed by atoms with E-state index in [9.17, 15) is 0 Å². The predicted molar refractivity (Wildman–Crippen MR) is 75.3 cm³/mol. The van der Waals surface area contributed by atoms with E-state index in [2.05, 4.69) is 34.0 Å². The molecule has 0 atom stereocenters. The van der Waals surface area contributed by atoms with Crippen LogP contribution in [-0.2, 0) is 0 Å². The Morgan fingerprint density at radius 1 is 1.12 bits per heavy atom. The van der Waals surface area contributed by atoms with Gasteiger partial charge >= 0.3 is 115 Å². The molecule has 0 saturated heterocycles. The number of benzene rings is 2. The van der Waals surface area contributed by atoms with Gasteiger partial charge in [-0.1, -0.05) is 0 Å². The minimum atomic E-state index is 0.665. The van der Waals surface area contributed by atoms with E-state index < -0.39 is 0 Å². The van der Waals surface area contributed by atoms with Crippen LogP contribution < -0.4 is 4.46 Å². The zero-order chi connectivity index (χ0) is 12.3. The summed E-state index contributed by atoms with van der Waals surface area (Å²) in [6, 6.07) is 13.7. The molecule has 1 nitrogen and oxygen atoms in total. The molecule has 0 bridgehead atoms. The normalized spacial score (nSPS) is 10.9. The molecule has 0 heterocycles. The van der Waals surface area contributed by atoms with Gasteiger partial charge in [-0.15, -0.1) is 0 Å². The molecule has 0 aromatic heterocycles. The summed E-state index contributed by atoms with van der Waals surface area (Å²) in [6.07, 6.45) is 1.83. The van der Waals surface area contributed by atoms with Gasteiger partial charge in [-0.3, -0.25) is 0 Å². The van der Waals surface area contributed by atoms with Crippen LogP contribution in [0.1, 0.15) is 11.1 Å². The van der Waals surface area contributed by atoms with Crippen LogP contribution in [0.4, 0.5) is 5.69 Å². The van der Waals surface area contributed by atoms with Crippen LogP contribution in [0, 0.1) is 6.92 Å². The van der Waals surface area contributed by atoms with Crippen molar-refractivity contribution in [1.82, 2.24) is 0 Å². The van der Waals surface area contributed by atoms with Gasteiger partial charge < -0.3 is 0 Å². The average molecular weight is 308 g/mol. The number of aryl methyl sites for hydroxylation is 1. The number of nitrogens with zero attached hydrogens (tertiary/aromatic N) is 1. The molecule has 0 N–H and O–H groups in total. The zero-order valence-corrected chi connectivity index (χ0v) is 11.8. The van der Waals surface area contributed by atoms with Gasteiger partial charge in [0.2, 0.25) is 0 Å². The summed E-state index contributed by atoms with van der Waals surface area (Å²) in [5, 5.41) is 0.665. The fourth-order valence-electron chi connectivity index (χ4n) is 1.47. The van der Waals surface area contributed by atoms with Crippen LogP contribution in [0.3, 0.4) is 0 Å². The Labute approximate surface area is 114 Å². The van der Waals surface area contributed by atoms with E-state index >= 15 is 0 Å². The summed E-state index contributed by atoms with van der Waals surface area (Å²) in [5.41, 5.74) is 3.08. The average Bonchev–Trinajstić information content (AvgIpc) is 2.33. The monoisotopic (exact) mass is 308 g/mol. The Kier molecular flexibility index (Phi) is 4.01. The maximum absolute atomic E-state index is 6.04. The van der Waals surface area contributed by atoms with Gasteiger partial charge in [-0.05, 0) is 0 Å². The molecule has 17 heavy (non-hydrogen) atoms. The molecule has 0 unspecified atom stereocenters. The van der Waals surface area contributed by atoms with Crippen molar-refractivity contribution in [3.05, 3.63) is 58.6 Å². The fourth-order valence-corrected chi connectivity index (χ4v) is 2.05. The Bertz CT molecular complexity index is 564. The summed E-state index contributed by atoms with van der Waals surface area (Å²) in [5.74, 6) is 0. The third-order valence-electron chi connectivity index (χ3n) is 2.44.